The van der Waals surface area contributed by atoms with Crippen LogP contribution in [-0.2, 0) is 14.3 Å². The largest absolute Gasteiger partial charge is 0.469 e. The monoisotopic (exact) mass is 234 g/mol. The number of methoxy groups -OCH3 is 1. The molecule has 4 rings (SSSR count). The van der Waals surface area contributed by atoms with Crippen molar-refractivity contribution in [3.05, 3.63) is 11.1 Å². The van der Waals surface area contributed by atoms with Gasteiger partial charge in [-0.3, -0.25) is 9.59 Å². The fourth-order valence-electron chi connectivity index (χ4n) is 4.26. The van der Waals surface area contributed by atoms with E-state index in [1.165, 1.54) is 18.3 Å². The second kappa shape index (κ2) is 3.44. The average molecular weight is 234 g/mol. The number of ether oxygens (including phenoxy) is 1. The van der Waals surface area contributed by atoms with Gasteiger partial charge in [0.05, 0.1) is 18.4 Å². The van der Waals surface area contributed by atoms with Crippen molar-refractivity contribution < 1.29 is 14.3 Å². The van der Waals surface area contributed by atoms with Crippen molar-refractivity contribution in [1.82, 2.24) is 0 Å². The fourth-order valence-corrected chi connectivity index (χ4v) is 4.26. The van der Waals surface area contributed by atoms with Crippen LogP contribution < -0.4 is 0 Å². The zero-order chi connectivity index (χ0) is 12.2. The summed E-state index contributed by atoms with van der Waals surface area (Å²) in [7, 11) is 1.42. The van der Waals surface area contributed by atoms with Gasteiger partial charge in [-0.15, -0.1) is 0 Å². The number of ketones is 1. The van der Waals surface area contributed by atoms with Crippen molar-refractivity contribution in [2.24, 2.45) is 17.3 Å². The highest BCUT2D eigenvalue weighted by atomic mass is 16.5. The quantitative estimate of drug-likeness (QED) is 0.516. The van der Waals surface area contributed by atoms with Gasteiger partial charge in [0.15, 0.2) is 0 Å². The van der Waals surface area contributed by atoms with Gasteiger partial charge in [0.2, 0.25) is 0 Å². The molecule has 3 atom stereocenters. The Bertz CT molecular complexity index is 435. The molecule has 0 saturated heterocycles. The van der Waals surface area contributed by atoms with Crippen LogP contribution in [0.4, 0.5) is 0 Å². The van der Waals surface area contributed by atoms with Crippen LogP contribution in [0.25, 0.3) is 0 Å². The van der Waals surface area contributed by atoms with Crippen LogP contribution in [0.3, 0.4) is 0 Å². The van der Waals surface area contributed by atoms with Crippen molar-refractivity contribution in [2.75, 3.05) is 7.11 Å². The minimum absolute atomic E-state index is 0.183. The minimum atomic E-state index is -0.599. The molecule has 4 aliphatic rings. The van der Waals surface area contributed by atoms with E-state index in [-0.39, 0.29) is 17.7 Å². The molecule has 0 N–H and O–H groups in total. The highest BCUT2D eigenvalue weighted by Crippen LogP contribution is 2.58. The molecule has 0 heterocycles. The first-order chi connectivity index (χ1) is 8.08. The Balaban J connectivity index is 2.08. The first-order valence-electron chi connectivity index (χ1n) is 6.41. The third kappa shape index (κ3) is 1.28. The molecular formula is C14H18O3. The van der Waals surface area contributed by atoms with Gasteiger partial charge in [0.25, 0.3) is 0 Å². The lowest BCUT2D eigenvalue weighted by molar-refractivity contribution is -0.162. The molecule has 3 nitrogen and oxygen atoms in total. The Hall–Kier alpha value is -1.12. The van der Waals surface area contributed by atoms with Crippen molar-refractivity contribution in [3.8, 4) is 0 Å². The van der Waals surface area contributed by atoms with Crippen LogP contribution in [0.15, 0.2) is 11.1 Å². The van der Waals surface area contributed by atoms with Crippen molar-refractivity contribution in [1.29, 1.82) is 0 Å². The lowest BCUT2D eigenvalue weighted by Crippen LogP contribution is -2.51. The number of esters is 1. The summed E-state index contributed by atoms with van der Waals surface area (Å²) < 4.78 is 4.93. The Kier molecular flexibility index (Phi) is 2.22. The minimum Gasteiger partial charge on any atom is -0.469 e. The van der Waals surface area contributed by atoms with Gasteiger partial charge < -0.3 is 4.74 Å². The standard InChI is InChI=1S/C14H18O3/c1-14(13(16)17-2)7-8-6-11(15)12(14)10-5-3-4-9(8)10/h8,12H,3-7H2,1-2H3/t8-,12+,14-/m0/s1. The maximum absolute atomic E-state index is 12.2. The van der Waals surface area contributed by atoms with E-state index in [0.29, 0.717) is 12.3 Å². The molecule has 0 spiro atoms. The van der Waals surface area contributed by atoms with E-state index in [9.17, 15) is 9.59 Å². The van der Waals surface area contributed by atoms with Crippen LogP contribution in [0.1, 0.15) is 39.0 Å². The predicted octanol–water partition coefficient (Wildman–Crippen LogP) is 2.26. The highest BCUT2D eigenvalue weighted by Gasteiger charge is 2.57. The Labute approximate surface area is 101 Å². The summed E-state index contributed by atoms with van der Waals surface area (Å²) in [6.07, 6.45) is 4.75. The average Bonchev–Trinajstić information content (AvgIpc) is 2.77. The number of allylic oxidation sites excluding steroid dienone is 2. The molecule has 0 aromatic rings. The summed E-state index contributed by atoms with van der Waals surface area (Å²) in [6.45, 7) is 1.91. The van der Waals surface area contributed by atoms with Crippen LogP contribution in [-0.4, -0.2) is 18.9 Å². The van der Waals surface area contributed by atoms with Crippen LogP contribution >= 0.6 is 0 Å². The number of carbonyl (C=O) groups excluding carboxylic acids is 2. The van der Waals surface area contributed by atoms with E-state index in [2.05, 4.69) is 0 Å². The number of Topliss-reactive ketones (excluding diaryl/α,β-unsaturated/α-hetero) is 1. The van der Waals surface area contributed by atoms with Crippen LogP contribution in [0, 0.1) is 17.3 Å². The Morgan fingerprint density at radius 1 is 1.35 bits per heavy atom. The number of fused-ring (bicyclic) bond motifs is 2. The molecule has 0 aromatic heterocycles. The summed E-state index contributed by atoms with van der Waals surface area (Å²) >= 11 is 0. The summed E-state index contributed by atoms with van der Waals surface area (Å²) in [4.78, 5) is 24.2. The first-order valence-corrected chi connectivity index (χ1v) is 6.41. The van der Waals surface area contributed by atoms with Gasteiger partial charge >= 0.3 is 5.97 Å². The second-order valence-corrected chi connectivity index (χ2v) is 5.82. The lowest BCUT2D eigenvalue weighted by Gasteiger charge is -2.47. The molecule has 0 aliphatic heterocycles. The van der Waals surface area contributed by atoms with E-state index in [1.54, 1.807) is 0 Å². The van der Waals surface area contributed by atoms with E-state index in [0.717, 1.165) is 25.7 Å². The molecular weight excluding hydrogens is 216 g/mol. The molecule has 0 amide bonds. The molecule has 2 bridgehead atoms. The zero-order valence-electron chi connectivity index (χ0n) is 10.4. The molecule has 17 heavy (non-hydrogen) atoms. The third-order valence-electron chi connectivity index (χ3n) is 4.87. The summed E-state index contributed by atoms with van der Waals surface area (Å²) in [5, 5.41) is 0. The second-order valence-electron chi connectivity index (χ2n) is 5.82. The molecule has 1 fully saturated rings. The predicted molar refractivity (Wildman–Crippen MR) is 62.2 cm³/mol. The summed E-state index contributed by atoms with van der Waals surface area (Å²) in [5.41, 5.74) is 2.18. The Morgan fingerprint density at radius 2 is 2.06 bits per heavy atom. The first kappa shape index (κ1) is 11.0. The van der Waals surface area contributed by atoms with E-state index in [4.69, 9.17) is 4.74 Å². The van der Waals surface area contributed by atoms with E-state index < -0.39 is 5.41 Å². The SMILES string of the molecule is COC(=O)[C@@]1(C)C[C@@H]2CC(=O)[C@H]1C1=C2CCC1. The van der Waals surface area contributed by atoms with Gasteiger partial charge in [-0.05, 0) is 38.5 Å². The fraction of sp³-hybridized carbons (Fsp3) is 0.714. The number of hydrogen-bond donors (Lipinski definition) is 0. The Morgan fingerprint density at radius 3 is 2.76 bits per heavy atom. The maximum Gasteiger partial charge on any atom is 0.312 e. The van der Waals surface area contributed by atoms with Gasteiger partial charge in [0, 0.05) is 6.42 Å². The molecule has 3 heteroatoms. The van der Waals surface area contributed by atoms with Gasteiger partial charge in [-0.25, -0.2) is 0 Å². The smallest absolute Gasteiger partial charge is 0.312 e. The third-order valence-corrected chi connectivity index (χ3v) is 4.87. The molecule has 0 radical (unpaired) electrons. The molecule has 0 aromatic carbocycles. The van der Waals surface area contributed by atoms with E-state index in [1.807, 2.05) is 6.92 Å². The van der Waals surface area contributed by atoms with Crippen molar-refractivity contribution in [3.63, 3.8) is 0 Å². The molecule has 0 unspecified atom stereocenters. The summed E-state index contributed by atoms with van der Waals surface area (Å²) in [6, 6.07) is 0. The number of hydrogen-bond acceptors (Lipinski definition) is 3. The van der Waals surface area contributed by atoms with Gasteiger partial charge in [-0.1, -0.05) is 11.1 Å². The van der Waals surface area contributed by atoms with Crippen LogP contribution in [0.5, 0.6) is 0 Å². The van der Waals surface area contributed by atoms with Gasteiger partial charge in [0.1, 0.15) is 5.78 Å². The van der Waals surface area contributed by atoms with Crippen LogP contribution in [0.2, 0.25) is 0 Å². The van der Waals surface area contributed by atoms with Gasteiger partial charge in [-0.2, -0.15) is 0 Å². The van der Waals surface area contributed by atoms with E-state index >= 15 is 0 Å². The highest BCUT2D eigenvalue weighted by molar-refractivity contribution is 5.94. The molecule has 92 valence electrons. The normalized spacial score (nSPS) is 39.5. The number of rotatable bonds is 1. The maximum atomic E-state index is 12.2. The number of carbonyl (C=O) groups is 2. The summed E-state index contributed by atoms with van der Waals surface area (Å²) in [5.74, 6) is 0.181. The topological polar surface area (TPSA) is 43.4 Å². The van der Waals surface area contributed by atoms with Crippen molar-refractivity contribution in [2.45, 2.75) is 39.0 Å². The molecule has 1 saturated carbocycles. The lowest BCUT2D eigenvalue weighted by atomic mass is 9.54. The zero-order valence-corrected chi connectivity index (χ0v) is 10.4. The van der Waals surface area contributed by atoms with Crippen molar-refractivity contribution >= 4 is 11.8 Å². The molecule has 4 aliphatic carbocycles.